The van der Waals surface area contributed by atoms with Gasteiger partial charge in [0.2, 0.25) is 5.75 Å². The number of hydrogen-bond acceptors (Lipinski definition) is 6. The van der Waals surface area contributed by atoms with E-state index in [0.29, 0.717) is 36.1 Å². The van der Waals surface area contributed by atoms with Gasteiger partial charge in [0.1, 0.15) is 5.75 Å². The molecule has 26 heavy (non-hydrogen) atoms. The van der Waals surface area contributed by atoms with Gasteiger partial charge < -0.3 is 14.9 Å². The molecule has 1 aliphatic carbocycles. The van der Waals surface area contributed by atoms with Gasteiger partial charge >= 0.3 is 5.69 Å². The number of phenols is 2. The minimum absolute atomic E-state index is 0.0587. The van der Waals surface area contributed by atoms with Crippen LogP contribution in [0.4, 0.5) is 5.69 Å². The molecule has 4 rings (SSSR count). The Hall–Kier alpha value is -2.80. The van der Waals surface area contributed by atoms with Crippen LogP contribution >= 0.6 is 0 Å². The van der Waals surface area contributed by atoms with Gasteiger partial charge in [-0.2, -0.15) is 0 Å². The van der Waals surface area contributed by atoms with Crippen LogP contribution < -0.4 is 4.74 Å². The monoisotopic (exact) mass is 356 g/mol. The number of rotatable bonds is 2. The molecule has 2 aromatic carbocycles. The van der Waals surface area contributed by atoms with Crippen LogP contribution in [0.2, 0.25) is 0 Å². The number of aryl methyl sites for hydroxylation is 1. The van der Waals surface area contributed by atoms with Crippen molar-refractivity contribution in [3.63, 3.8) is 0 Å². The zero-order valence-electron chi connectivity index (χ0n) is 14.9. The Morgan fingerprint density at radius 1 is 1.35 bits per heavy atom. The number of aromatic hydroxyl groups is 2. The van der Waals surface area contributed by atoms with Crippen LogP contribution in [0, 0.1) is 17.0 Å². The highest BCUT2D eigenvalue weighted by atomic mass is 16.6. The van der Waals surface area contributed by atoms with Crippen molar-refractivity contribution < 1.29 is 19.9 Å². The van der Waals surface area contributed by atoms with Crippen LogP contribution in [0.3, 0.4) is 0 Å². The van der Waals surface area contributed by atoms with Crippen molar-refractivity contribution in [2.45, 2.75) is 25.8 Å². The van der Waals surface area contributed by atoms with Crippen LogP contribution in [0.15, 0.2) is 12.1 Å². The molecule has 1 aliphatic heterocycles. The number of methoxy groups -OCH3 is 1. The number of ether oxygens (including phenoxy) is 1. The second kappa shape index (κ2) is 5.60. The summed E-state index contributed by atoms with van der Waals surface area (Å²) in [5, 5.41) is 32.4. The van der Waals surface area contributed by atoms with Gasteiger partial charge in [-0.3, -0.25) is 15.0 Å². The first-order valence-electron chi connectivity index (χ1n) is 8.48. The van der Waals surface area contributed by atoms with E-state index in [-0.39, 0.29) is 23.2 Å². The molecule has 136 valence electrons. The van der Waals surface area contributed by atoms with E-state index in [2.05, 4.69) is 4.90 Å². The quantitative estimate of drug-likeness (QED) is 0.634. The maximum atomic E-state index is 11.7. The Labute approximate surface area is 150 Å². The zero-order valence-corrected chi connectivity index (χ0v) is 14.9. The molecule has 0 saturated heterocycles. The average molecular weight is 356 g/mol. The lowest BCUT2D eigenvalue weighted by atomic mass is 9.75. The molecule has 2 N–H and O–H groups in total. The van der Waals surface area contributed by atoms with E-state index in [1.54, 1.807) is 13.0 Å². The molecular weight excluding hydrogens is 336 g/mol. The third-order valence-corrected chi connectivity index (χ3v) is 5.62. The smallest absolute Gasteiger partial charge is 0.318 e. The fraction of sp³-hybridized carbons (Fsp3) is 0.368. The first-order chi connectivity index (χ1) is 12.3. The first-order valence-corrected chi connectivity index (χ1v) is 8.48. The average Bonchev–Trinajstić information content (AvgIpc) is 2.58. The van der Waals surface area contributed by atoms with Gasteiger partial charge in [0.05, 0.1) is 12.0 Å². The maximum Gasteiger partial charge on any atom is 0.318 e. The van der Waals surface area contributed by atoms with Crippen molar-refractivity contribution in [1.29, 1.82) is 0 Å². The normalized spacial score (nSPS) is 18.2. The Morgan fingerprint density at radius 2 is 2.08 bits per heavy atom. The lowest BCUT2D eigenvalue weighted by Crippen LogP contribution is -2.36. The minimum atomic E-state index is -0.520. The molecular formula is C19H20N2O5. The second-order valence-electron chi connectivity index (χ2n) is 7.00. The van der Waals surface area contributed by atoms with Gasteiger partial charge in [0, 0.05) is 23.7 Å². The molecule has 0 amide bonds. The third kappa shape index (κ3) is 2.10. The number of nitro benzene ring substituents is 1. The third-order valence-electron chi connectivity index (χ3n) is 5.62. The van der Waals surface area contributed by atoms with Crippen LogP contribution in [0.5, 0.6) is 17.2 Å². The number of benzene rings is 2. The highest BCUT2D eigenvalue weighted by molar-refractivity contribution is 5.87. The van der Waals surface area contributed by atoms with Gasteiger partial charge in [0.15, 0.2) is 5.75 Å². The Bertz CT molecular complexity index is 954. The van der Waals surface area contributed by atoms with E-state index >= 15 is 0 Å². The Morgan fingerprint density at radius 3 is 2.73 bits per heavy atom. The molecule has 7 heteroatoms. The lowest BCUT2D eigenvalue weighted by molar-refractivity contribution is -0.386. The molecule has 2 aliphatic rings. The van der Waals surface area contributed by atoms with Crippen LogP contribution in [-0.4, -0.2) is 40.7 Å². The summed E-state index contributed by atoms with van der Waals surface area (Å²) in [4.78, 5) is 13.3. The fourth-order valence-corrected chi connectivity index (χ4v) is 4.33. The topological polar surface area (TPSA) is 96.1 Å². The molecule has 7 nitrogen and oxygen atoms in total. The Kier molecular flexibility index (Phi) is 3.59. The molecule has 0 bridgehead atoms. The van der Waals surface area contributed by atoms with Gasteiger partial charge in [-0.1, -0.05) is 0 Å². The molecule has 1 atom stereocenters. The summed E-state index contributed by atoms with van der Waals surface area (Å²) in [5.41, 5.74) is 4.40. The summed E-state index contributed by atoms with van der Waals surface area (Å²) in [6, 6.07) is 3.54. The predicted octanol–water partition coefficient (Wildman–Crippen LogP) is 3.08. The highest BCUT2D eigenvalue weighted by Gasteiger charge is 2.41. The molecule has 0 aromatic heterocycles. The van der Waals surface area contributed by atoms with Crippen molar-refractivity contribution >= 4 is 5.69 Å². The summed E-state index contributed by atoms with van der Waals surface area (Å²) >= 11 is 0. The fourth-order valence-electron chi connectivity index (χ4n) is 4.33. The van der Waals surface area contributed by atoms with Crippen molar-refractivity contribution in [3.05, 3.63) is 44.5 Å². The maximum absolute atomic E-state index is 11.7. The van der Waals surface area contributed by atoms with Crippen LogP contribution in [0.1, 0.15) is 28.3 Å². The predicted molar refractivity (Wildman–Crippen MR) is 95.9 cm³/mol. The molecule has 2 aromatic rings. The largest absolute Gasteiger partial charge is 0.508 e. The lowest BCUT2D eigenvalue weighted by Gasteiger charge is -2.40. The molecule has 0 fully saturated rings. The SMILES string of the molecule is COc1c(O)c([N+](=O)[O-])c2c3c1-c1cc(C)c(O)cc1CC3N(C)CC2. The number of nitro groups is 1. The molecule has 1 heterocycles. The van der Waals surface area contributed by atoms with E-state index in [9.17, 15) is 20.3 Å². The summed E-state index contributed by atoms with van der Waals surface area (Å²) < 4.78 is 5.43. The summed E-state index contributed by atoms with van der Waals surface area (Å²) in [6.07, 6.45) is 1.14. The van der Waals surface area contributed by atoms with Gasteiger partial charge in [-0.15, -0.1) is 0 Å². The molecule has 0 saturated carbocycles. The van der Waals surface area contributed by atoms with Gasteiger partial charge in [0.25, 0.3) is 0 Å². The molecule has 1 unspecified atom stereocenters. The molecule has 0 spiro atoms. The van der Waals surface area contributed by atoms with E-state index in [0.717, 1.165) is 16.7 Å². The number of fused-ring (bicyclic) bond motifs is 2. The van der Waals surface area contributed by atoms with Gasteiger partial charge in [-0.25, -0.2) is 0 Å². The van der Waals surface area contributed by atoms with Gasteiger partial charge in [-0.05, 0) is 61.2 Å². The number of likely N-dealkylation sites (N-methyl/N-ethyl adjacent to an activating group) is 1. The van der Waals surface area contributed by atoms with Crippen LogP contribution in [0.25, 0.3) is 11.1 Å². The summed E-state index contributed by atoms with van der Waals surface area (Å²) in [6.45, 7) is 2.47. The van der Waals surface area contributed by atoms with Crippen molar-refractivity contribution in [2.75, 3.05) is 20.7 Å². The standard InChI is InChI=1S/C19H20N2O5/c1-9-6-12-10(8-14(9)22)7-13-15-11(4-5-20(13)2)17(21(24)25)18(23)19(26-3)16(12)15/h6,8,13,22-23H,4-5,7H2,1-3H3. The summed E-state index contributed by atoms with van der Waals surface area (Å²) in [5.74, 6) is -0.0779. The van der Waals surface area contributed by atoms with E-state index in [4.69, 9.17) is 4.74 Å². The highest BCUT2D eigenvalue weighted by Crippen LogP contribution is 2.56. The number of hydrogen-bond donors (Lipinski definition) is 2. The van der Waals surface area contributed by atoms with E-state index in [1.165, 1.54) is 7.11 Å². The van der Waals surface area contributed by atoms with E-state index in [1.807, 2.05) is 13.1 Å². The zero-order chi connectivity index (χ0) is 18.7. The van der Waals surface area contributed by atoms with Crippen molar-refractivity contribution in [3.8, 4) is 28.4 Å². The number of phenolic OH excluding ortho intramolecular Hbond substituents is 2. The summed E-state index contributed by atoms with van der Waals surface area (Å²) in [7, 11) is 3.40. The van der Waals surface area contributed by atoms with Crippen molar-refractivity contribution in [2.24, 2.45) is 0 Å². The second-order valence-corrected chi connectivity index (χ2v) is 7.00. The molecule has 0 radical (unpaired) electrons. The Balaban J connectivity index is 2.16. The van der Waals surface area contributed by atoms with E-state index < -0.39 is 10.7 Å². The first kappa shape index (κ1) is 16.7. The number of nitrogens with zero attached hydrogens (tertiary/aromatic N) is 2. The van der Waals surface area contributed by atoms with Crippen molar-refractivity contribution in [1.82, 2.24) is 4.90 Å². The minimum Gasteiger partial charge on any atom is -0.508 e. The van der Waals surface area contributed by atoms with Crippen LogP contribution in [-0.2, 0) is 12.8 Å².